The monoisotopic (exact) mass is 144 g/mol. The molecule has 58 valence electrons. The minimum Gasteiger partial charge on any atom is -0.384 e. The number of ether oxygens (including phenoxy) is 2. The first-order valence-corrected chi connectivity index (χ1v) is 3.45. The van der Waals surface area contributed by atoms with Crippen molar-refractivity contribution in [3.8, 4) is 0 Å². The second-order valence-corrected chi connectivity index (χ2v) is 2.44. The summed E-state index contributed by atoms with van der Waals surface area (Å²) in [5.74, 6) is 0.240. The summed E-state index contributed by atoms with van der Waals surface area (Å²) in [7, 11) is 1.60. The van der Waals surface area contributed by atoms with Gasteiger partial charge >= 0.3 is 0 Å². The number of ketones is 1. The zero-order valence-electron chi connectivity index (χ0n) is 6.13. The van der Waals surface area contributed by atoms with E-state index < -0.39 is 0 Å². The molecule has 1 fully saturated rings. The maximum Gasteiger partial charge on any atom is 0.137 e. The molecule has 3 heteroatoms. The molecule has 0 saturated carbocycles. The van der Waals surface area contributed by atoms with Crippen LogP contribution in [0.4, 0.5) is 0 Å². The molecule has 0 aromatic heterocycles. The van der Waals surface area contributed by atoms with E-state index in [9.17, 15) is 4.79 Å². The summed E-state index contributed by atoms with van der Waals surface area (Å²) >= 11 is 0. The van der Waals surface area contributed by atoms with E-state index in [1.54, 1.807) is 7.11 Å². The quantitative estimate of drug-likeness (QED) is 0.523. The van der Waals surface area contributed by atoms with Crippen LogP contribution in [0.3, 0.4) is 0 Å². The molecule has 1 rings (SSSR count). The molecule has 1 aliphatic rings. The minimum absolute atomic E-state index is 0.226. The molecule has 0 aromatic carbocycles. The highest BCUT2D eigenvalue weighted by atomic mass is 16.6. The number of hydrogen-bond donors (Lipinski definition) is 0. The summed E-state index contributed by atoms with van der Waals surface area (Å²) in [5, 5.41) is 0. The third-order valence-electron chi connectivity index (χ3n) is 1.44. The van der Waals surface area contributed by atoms with Crippen molar-refractivity contribution in [3.63, 3.8) is 0 Å². The van der Waals surface area contributed by atoms with Crippen LogP contribution in [0.5, 0.6) is 0 Å². The zero-order chi connectivity index (χ0) is 7.40. The van der Waals surface area contributed by atoms with Gasteiger partial charge in [-0.05, 0) is 0 Å². The van der Waals surface area contributed by atoms with Gasteiger partial charge < -0.3 is 9.47 Å². The summed E-state index contributed by atoms with van der Waals surface area (Å²) in [6.07, 6.45) is 1.32. The maximum absolute atomic E-state index is 10.9. The molecule has 1 aliphatic heterocycles. The lowest BCUT2D eigenvalue weighted by molar-refractivity contribution is -0.120. The zero-order valence-corrected chi connectivity index (χ0v) is 6.13. The highest BCUT2D eigenvalue weighted by Gasteiger charge is 2.24. The molecule has 0 N–H and O–H groups in total. The van der Waals surface area contributed by atoms with Gasteiger partial charge in [-0.1, -0.05) is 0 Å². The van der Waals surface area contributed by atoms with Crippen LogP contribution in [-0.4, -0.2) is 32.2 Å². The van der Waals surface area contributed by atoms with Gasteiger partial charge in [-0.2, -0.15) is 0 Å². The minimum atomic E-state index is 0.226. The van der Waals surface area contributed by atoms with Crippen LogP contribution < -0.4 is 0 Å². The second kappa shape index (κ2) is 3.68. The molecular weight excluding hydrogens is 132 g/mol. The van der Waals surface area contributed by atoms with Crippen molar-refractivity contribution in [2.24, 2.45) is 0 Å². The lowest BCUT2D eigenvalue weighted by atomic mass is 10.2. The molecule has 0 aliphatic carbocycles. The van der Waals surface area contributed by atoms with Gasteiger partial charge in [-0.25, -0.2) is 0 Å². The molecular formula is C7H12O3. The molecule has 0 spiro atoms. The fraction of sp³-hybridized carbons (Fsp3) is 0.857. The Balaban J connectivity index is 1.97. The summed E-state index contributed by atoms with van der Waals surface area (Å²) in [4.78, 5) is 10.9. The van der Waals surface area contributed by atoms with Gasteiger partial charge in [0, 0.05) is 20.0 Å². The summed E-state index contributed by atoms with van der Waals surface area (Å²) in [5.41, 5.74) is 0. The largest absolute Gasteiger partial charge is 0.384 e. The number of epoxide rings is 1. The molecule has 0 bridgehead atoms. The lowest BCUT2D eigenvalue weighted by Gasteiger charge is -1.95. The Morgan fingerprint density at radius 3 is 3.00 bits per heavy atom. The lowest BCUT2D eigenvalue weighted by Crippen LogP contribution is -2.05. The van der Waals surface area contributed by atoms with Crippen LogP contribution in [-0.2, 0) is 14.3 Å². The third kappa shape index (κ3) is 2.94. The standard InChI is InChI=1S/C7H12O3/c1-9-3-2-6(8)4-7-5-10-7/h7H,2-5H2,1H3. The van der Waals surface area contributed by atoms with E-state index in [1.807, 2.05) is 0 Å². The Morgan fingerprint density at radius 2 is 2.50 bits per heavy atom. The third-order valence-corrected chi connectivity index (χ3v) is 1.44. The molecule has 3 nitrogen and oxygen atoms in total. The van der Waals surface area contributed by atoms with Crippen molar-refractivity contribution >= 4 is 5.78 Å². The summed E-state index contributed by atoms with van der Waals surface area (Å²) < 4.78 is 9.65. The van der Waals surface area contributed by atoms with E-state index in [1.165, 1.54) is 0 Å². The maximum atomic E-state index is 10.9. The van der Waals surface area contributed by atoms with Crippen LogP contribution in [0.25, 0.3) is 0 Å². The SMILES string of the molecule is COCCC(=O)CC1CO1. The first-order valence-electron chi connectivity index (χ1n) is 3.45. The molecule has 0 aromatic rings. The fourth-order valence-corrected chi connectivity index (χ4v) is 0.758. The van der Waals surface area contributed by atoms with Crippen molar-refractivity contribution in [2.75, 3.05) is 20.3 Å². The molecule has 1 atom stereocenters. The van der Waals surface area contributed by atoms with E-state index >= 15 is 0 Å². The Kier molecular flexibility index (Phi) is 2.83. The molecule has 0 radical (unpaired) electrons. The van der Waals surface area contributed by atoms with Crippen molar-refractivity contribution in [1.82, 2.24) is 0 Å². The normalized spacial score (nSPS) is 22.7. The van der Waals surface area contributed by atoms with Gasteiger partial charge in [-0.3, -0.25) is 4.79 Å². The number of hydrogen-bond acceptors (Lipinski definition) is 3. The predicted octanol–water partition coefficient (Wildman–Crippen LogP) is 0.381. The van der Waals surface area contributed by atoms with Crippen molar-refractivity contribution in [3.05, 3.63) is 0 Å². The van der Waals surface area contributed by atoms with Crippen LogP contribution in [0.1, 0.15) is 12.8 Å². The van der Waals surface area contributed by atoms with Crippen LogP contribution in [0.2, 0.25) is 0 Å². The Bertz CT molecular complexity index is 118. The summed E-state index contributed by atoms with van der Waals surface area (Å²) in [6.45, 7) is 1.30. The van der Waals surface area contributed by atoms with Crippen LogP contribution in [0.15, 0.2) is 0 Å². The number of Topliss-reactive ketones (excluding diaryl/α,β-unsaturated/α-hetero) is 1. The van der Waals surface area contributed by atoms with E-state index in [-0.39, 0.29) is 11.9 Å². The van der Waals surface area contributed by atoms with E-state index in [0.29, 0.717) is 19.4 Å². The first kappa shape index (κ1) is 7.69. The van der Waals surface area contributed by atoms with Gasteiger partial charge in [0.1, 0.15) is 5.78 Å². The highest BCUT2D eigenvalue weighted by Crippen LogP contribution is 2.14. The van der Waals surface area contributed by atoms with Crippen LogP contribution in [0, 0.1) is 0 Å². The van der Waals surface area contributed by atoms with Crippen LogP contribution >= 0.6 is 0 Å². The van der Waals surface area contributed by atoms with Gasteiger partial charge in [0.2, 0.25) is 0 Å². The molecule has 10 heavy (non-hydrogen) atoms. The summed E-state index contributed by atoms with van der Waals surface area (Å²) in [6, 6.07) is 0. The number of carbonyl (C=O) groups is 1. The Hall–Kier alpha value is -0.410. The van der Waals surface area contributed by atoms with Gasteiger partial charge in [0.05, 0.1) is 19.3 Å². The van der Waals surface area contributed by atoms with E-state index in [2.05, 4.69) is 0 Å². The average Bonchev–Trinajstić information content (AvgIpc) is 2.67. The van der Waals surface area contributed by atoms with E-state index in [4.69, 9.17) is 9.47 Å². The Labute approximate surface area is 60.3 Å². The molecule has 1 heterocycles. The number of rotatable bonds is 5. The number of carbonyl (C=O) groups excluding carboxylic acids is 1. The van der Waals surface area contributed by atoms with E-state index in [0.717, 1.165) is 6.61 Å². The topological polar surface area (TPSA) is 38.8 Å². The Morgan fingerprint density at radius 1 is 1.80 bits per heavy atom. The number of methoxy groups -OCH3 is 1. The predicted molar refractivity (Wildman–Crippen MR) is 35.9 cm³/mol. The van der Waals surface area contributed by atoms with Gasteiger partial charge in [-0.15, -0.1) is 0 Å². The van der Waals surface area contributed by atoms with Gasteiger partial charge in [0.15, 0.2) is 0 Å². The average molecular weight is 144 g/mol. The second-order valence-electron chi connectivity index (χ2n) is 2.44. The smallest absolute Gasteiger partial charge is 0.137 e. The van der Waals surface area contributed by atoms with Crippen molar-refractivity contribution in [2.45, 2.75) is 18.9 Å². The first-order chi connectivity index (χ1) is 4.83. The molecule has 1 saturated heterocycles. The van der Waals surface area contributed by atoms with Gasteiger partial charge in [0.25, 0.3) is 0 Å². The van der Waals surface area contributed by atoms with Crippen molar-refractivity contribution in [1.29, 1.82) is 0 Å². The fourth-order valence-electron chi connectivity index (χ4n) is 0.758. The molecule has 0 amide bonds. The highest BCUT2D eigenvalue weighted by molar-refractivity contribution is 5.79. The molecule has 1 unspecified atom stereocenters. The van der Waals surface area contributed by atoms with Crippen molar-refractivity contribution < 1.29 is 14.3 Å².